The van der Waals surface area contributed by atoms with Crippen LogP contribution in [-0.2, 0) is 0 Å². The summed E-state index contributed by atoms with van der Waals surface area (Å²) in [6.45, 7) is 6.08. The maximum Gasteiger partial charge on any atom is 0.191 e. The summed E-state index contributed by atoms with van der Waals surface area (Å²) >= 11 is 0. The second-order valence-electron chi connectivity index (χ2n) is 8.54. The highest BCUT2D eigenvalue weighted by atomic mass is 127. The van der Waals surface area contributed by atoms with Crippen molar-refractivity contribution in [1.29, 1.82) is 0 Å². The molecule has 2 aliphatic rings. The van der Waals surface area contributed by atoms with E-state index in [1.165, 1.54) is 44.2 Å². The fourth-order valence-electron chi connectivity index (χ4n) is 4.59. The number of nitrogens with zero attached hydrogens (tertiary/aromatic N) is 3. The van der Waals surface area contributed by atoms with Crippen LogP contribution in [0.4, 0.5) is 0 Å². The predicted octanol–water partition coefficient (Wildman–Crippen LogP) is 3.49. The number of ether oxygens (including phenoxy) is 1. The first-order chi connectivity index (χ1) is 14.1. The Balaban J connectivity index is 0.00000320. The quantitative estimate of drug-likeness (QED) is 0.307. The monoisotopic (exact) mass is 529 g/mol. The zero-order valence-corrected chi connectivity index (χ0v) is 21.4. The second kappa shape index (κ2) is 12.7. The number of likely N-dealkylation sites (N-methyl/N-ethyl adjacent to an activating group) is 1. The zero-order valence-electron chi connectivity index (χ0n) is 19.1. The molecule has 1 saturated heterocycles. The molecule has 1 aromatic rings. The van der Waals surface area contributed by atoms with E-state index in [4.69, 9.17) is 9.73 Å². The number of aliphatic imine (C=N–C) groups is 1. The van der Waals surface area contributed by atoms with Crippen LogP contribution in [0.3, 0.4) is 0 Å². The number of rotatable bonds is 8. The van der Waals surface area contributed by atoms with Crippen molar-refractivity contribution in [3.05, 3.63) is 29.8 Å². The largest absolute Gasteiger partial charge is 0.497 e. The summed E-state index contributed by atoms with van der Waals surface area (Å²) in [6.07, 6.45) is 6.78. The van der Waals surface area contributed by atoms with E-state index in [0.29, 0.717) is 12.6 Å². The molecule has 170 valence electrons. The Morgan fingerprint density at radius 3 is 2.50 bits per heavy atom. The minimum Gasteiger partial charge on any atom is -0.497 e. The Bertz CT molecular complexity index is 645. The van der Waals surface area contributed by atoms with Gasteiger partial charge in [-0.25, -0.2) is 0 Å². The summed E-state index contributed by atoms with van der Waals surface area (Å²) < 4.78 is 5.29. The first kappa shape index (κ1) is 25.2. The number of nitrogens with one attached hydrogen (secondary N) is 2. The standard InChI is InChI=1S/C23H39N5O.HI/c1-5-24-23(26-19-14-15-28(17-19)20-8-6-7-9-20)25-16-22(27(2)3)18-10-12-21(29-4)13-11-18;/h10-13,19-20,22H,5-9,14-17H2,1-4H3,(H2,24,25,26);1H. The van der Waals surface area contributed by atoms with E-state index >= 15 is 0 Å². The van der Waals surface area contributed by atoms with Gasteiger partial charge in [-0.2, -0.15) is 0 Å². The van der Waals surface area contributed by atoms with E-state index in [1.807, 2.05) is 12.1 Å². The highest BCUT2D eigenvalue weighted by molar-refractivity contribution is 14.0. The van der Waals surface area contributed by atoms with Gasteiger partial charge >= 0.3 is 0 Å². The topological polar surface area (TPSA) is 52.1 Å². The van der Waals surface area contributed by atoms with E-state index in [-0.39, 0.29) is 30.0 Å². The van der Waals surface area contributed by atoms with E-state index in [9.17, 15) is 0 Å². The zero-order chi connectivity index (χ0) is 20.6. The van der Waals surface area contributed by atoms with Crippen molar-refractivity contribution in [3.8, 4) is 5.75 Å². The van der Waals surface area contributed by atoms with Gasteiger partial charge in [-0.05, 0) is 58.0 Å². The third kappa shape index (κ3) is 6.99. The van der Waals surface area contributed by atoms with Crippen LogP contribution in [0.25, 0.3) is 0 Å². The number of hydrogen-bond donors (Lipinski definition) is 2. The fraction of sp³-hybridized carbons (Fsp3) is 0.696. The van der Waals surface area contributed by atoms with Gasteiger partial charge in [0.05, 0.1) is 19.7 Å². The minimum atomic E-state index is 0. The van der Waals surface area contributed by atoms with Crippen molar-refractivity contribution in [3.63, 3.8) is 0 Å². The third-order valence-corrected chi connectivity index (χ3v) is 6.29. The lowest BCUT2D eigenvalue weighted by Gasteiger charge is -2.25. The summed E-state index contributed by atoms with van der Waals surface area (Å²) in [5.41, 5.74) is 1.25. The number of likely N-dealkylation sites (tertiary alicyclic amines) is 1. The molecule has 0 bridgehead atoms. The van der Waals surface area contributed by atoms with Crippen LogP contribution >= 0.6 is 24.0 Å². The second-order valence-corrected chi connectivity index (χ2v) is 8.54. The normalized spacial score (nSPS) is 21.5. The Morgan fingerprint density at radius 1 is 1.20 bits per heavy atom. The Kier molecular flexibility index (Phi) is 10.7. The van der Waals surface area contributed by atoms with Gasteiger partial charge in [-0.1, -0.05) is 25.0 Å². The highest BCUT2D eigenvalue weighted by Gasteiger charge is 2.30. The van der Waals surface area contributed by atoms with Crippen LogP contribution in [0.2, 0.25) is 0 Å². The van der Waals surface area contributed by atoms with E-state index in [1.54, 1.807) is 7.11 Å². The first-order valence-electron chi connectivity index (χ1n) is 11.2. The Hall–Kier alpha value is -1.06. The molecule has 2 N–H and O–H groups in total. The maximum atomic E-state index is 5.29. The van der Waals surface area contributed by atoms with Crippen molar-refractivity contribution in [2.75, 3.05) is 47.4 Å². The molecule has 1 aliphatic carbocycles. The molecule has 2 atom stereocenters. The molecule has 0 amide bonds. The van der Waals surface area contributed by atoms with Crippen molar-refractivity contribution >= 4 is 29.9 Å². The SMILES string of the molecule is CCNC(=NCC(c1ccc(OC)cc1)N(C)C)NC1CCN(C2CCCC2)C1.I. The van der Waals surface area contributed by atoms with Crippen LogP contribution in [0.5, 0.6) is 5.75 Å². The molecule has 6 nitrogen and oxygen atoms in total. The van der Waals surface area contributed by atoms with Gasteiger partial charge in [0.2, 0.25) is 0 Å². The average molecular weight is 530 g/mol. The number of methoxy groups -OCH3 is 1. The van der Waals surface area contributed by atoms with Crippen LogP contribution in [0.15, 0.2) is 29.3 Å². The molecule has 0 spiro atoms. The van der Waals surface area contributed by atoms with Gasteiger partial charge in [0.15, 0.2) is 5.96 Å². The van der Waals surface area contributed by atoms with Crippen LogP contribution in [0.1, 0.15) is 50.6 Å². The van der Waals surface area contributed by atoms with Crippen molar-refractivity contribution in [1.82, 2.24) is 20.4 Å². The molecule has 2 fully saturated rings. The summed E-state index contributed by atoms with van der Waals surface area (Å²) in [6, 6.07) is 9.85. The van der Waals surface area contributed by atoms with E-state index in [0.717, 1.165) is 30.8 Å². The van der Waals surface area contributed by atoms with Crippen molar-refractivity contribution in [2.45, 2.75) is 57.2 Å². The van der Waals surface area contributed by atoms with Crippen molar-refractivity contribution in [2.24, 2.45) is 4.99 Å². The minimum absolute atomic E-state index is 0. The smallest absolute Gasteiger partial charge is 0.191 e. The van der Waals surface area contributed by atoms with Crippen LogP contribution in [0, 0.1) is 0 Å². The lowest BCUT2D eigenvalue weighted by atomic mass is 10.1. The van der Waals surface area contributed by atoms with Gasteiger partial charge in [-0.3, -0.25) is 9.89 Å². The molecule has 1 heterocycles. The average Bonchev–Trinajstić information content (AvgIpc) is 3.40. The Morgan fingerprint density at radius 2 is 1.90 bits per heavy atom. The molecule has 0 radical (unpaired) electrons. The molecule has 1 saturated carbocycles. The van der Waals surface area contributed by atoms with Gasteiger partial charge in [-0.15, -0.1) is 24.0 Å². The lowest BCUT2D eigenvalue weighted by molar-refractivity contribution is 0.242. The number of benzene rings is 1. The summed E-state index contributed by atoms with van der Waals surface area (Å²) in [5, 5.41) is 7.13. The van der Waals surface area contributed by atoms with E-state index < -0.39 is 0 Å². The van der Waals surface area contributed by atoms with E-state index in [2.05, 4.69) is 53.6 Å². The third-order valence-electron chi connectivity index (χ3n) is 6.29. The molecule has 30 heavy (non-hydrogen) atoms. The summed E-state index contributed by atoms with van der Waals surface area (Å²) in [5.74, 6) is 1.82. The van der Waals surface area contributed by atoms with Crippen LogP contribution < -0.4 is 15.4 Å². The molecule has 7 heteroatoms. The maximum absolute atomic E-state index is 5.29. The first-order valence-corrected chi connectivity index (χ1v) is 11.2. The molecular formula is C23H40IN5O. The van der Waals surface area contributed by atoms with Gasteiger partial charge in [0, 0.05) is 31.7 Å². The molecule has 3 rings (SSSR count). The molecular weight excluding hydrogens is 489 g/mol. The van der Waals surface area contributed by atoms with Crippen LogP contribution in [-0.4, -0.2) is 75.2 Å². The van der Waals surface area contributed by atoms with Gasteiger partial charge < -0.3 is 20.3 Å². The number of hydrogen-bond acceptors (Lipinski definition) is 4. The molecule has 0 aromatic heterocycles. The van der Waals surface area contributed by atoms with Gasteiger partial charge in [0.25, 0.3) is 0 Å². The summed E-state index contributed by atoms with van der Waals surface area (Å²) in [4.78, 5) is 9.86. The lowest BCUT2D eigenvalue weighted by Crippen LogP contribution is -2.45. The molecule has 1 aromatic carbocycles. The fourth-order valence-corrected chi connectivity index (χ4v) is 4.59. The Labute approximate surface area is 199 Å². The molecule has 2 unspecified atom stereocenters. The molecule has 1 aliphatic heterocycles. The predicted molar refractivity (Wildman–Crippen MR) is 136 cm³/mol. The highest BCUT2D eigenvalue weighted by Crippen LogP contribution is 2.26. The number of guanidine groups is 1. The number of halogens is 1. The van der Waals surface area contributed by atoms with Gasteiger partial charge in [0.1, 0.15) is 5.75 Å². The van der Waals surface area contributed by atoms with Crippen molar-refractivity contribution < 1.29 is 4.74 Å². The summed E-state index contributed by atoms with van der Waals surface area (Å²) in [7, 11) is 5.93.